The van der Waals surface area contributed by atoms with Gasteiger partial charge in [-0.2, -0.15) is 0 Å². The first-order valence-corrected chi connectivity index (χ1v) is 8.15. The number of aliphatic carboxylic acids is 1. The molecule has 10 nitrogen and oxygen atoms in total. The van der Waals surface area contributed by atoms with Crippen LogP contribution in [0.15, 0.2) is 30.3 Å². The molecule has 0 aliphatic heterocycles. The van der Waals surface area contributed by atoms with Crippen LogP contribution in [0, 0.1) is 0 Å². The second-order valence-electron chi connectivity index (χ2n) is 4.61. The highest BCUT2D eigenvalue weighted by Gasteiger charge is 2.51. The van der Waals surface area contributed by atoms with Gasteiger partial charge in [-0.1, -0.05) is 30.3 Å². The third-order valence-corrected chi connectivity index (χ3v) is 3.54. The molecule has 3 N–H and O–H groups in total. The van der Waals surface area contributed by atoms with E-state index in [0.717, 1.165) is 14.2 Å². The summed E-state index contributed by atoms with van der Waals surface area (Å²) in [5.41, 5.74) is -1.86. The molecule has 1 aromatic carbocycles. The standard InChI is InChI=1S/C13H18NO9P/c1-21-14(22-2)13(9-8-11(15)16,10-6-4-3-5-7-10)12(17)23-24(18,19)20/h3-7H,8-9H2,1-2H3,(H,15,16)(H2,18,19,20)/t13-/m1/s1. The maximum absolute atomic E-state index is 12.5. The minimum atomic E-state index is -5.18. The van der Waals surface area contributed by atoms with E-state index in [0.29, 0.717) is 5.23 Å². The molecule has 0 amide bonds. The molecule has 1 aromatic rings. The van der Waals surface area contributed by atoms with Gasteiger partial charge in [0.1, 0.15) is 0 Å². The second-order valence-corrected chi connectivity index (χ2v) is 5.78. The van der Waals surface area contributed by atoms with E-state index in [2.05, 4.69) is 4.52 Å². The number of phosphoric acid groups is 1. The van der Waals surface area contributed by atoms with Crippen molar-refractivity contribution in [3.63, 3.8) is 0 Å². The number of carbonyl (C=O) groups excluding carboxylic acids is 1. The van der Waals surface area contributed by atoms with E-state index in [4.69, 9.17) is 24.6 Å². The van der Waals surface area contributed by atoms with Crippen LogP contribution in [0.3, 0.4) is 0 Å². The van der Waals surface area contributed by atoms with Crippen molar-refractivity contribution in [3.05, 3.63) is 35.9 Å². The van der Waals surface area contributed by atoms with Crippen LogP contribution in [0.5, 0.6) is 0 Å². The Labute approximate surface area is 137 Å². The van der Waals surface area contributed by atoms with E-state index in [1.807, 2.05) is 0 Å². The lowest BCUT2D eigenvalue weighted by molar-refractivity contribution is -0.390. The molecule has 0 aliphatic carbocycles. The molecule has 0 heterocycles. The zero-order valence-electron chi connectivity index (χ0n) is 13.0. The summed E-state index contributed by atoms with van der Waals surface area (Å²) >= 11 is 0. The molecule has 0 bridgehead atoms. The average molecular weight is 363 g/mol. The molecule has 0 saturated carbocycles. The van der Waals surface area contributed by atoms with Gasteiger partial charge in [0, 0.05) is 6.42 Å². The Bertz CT molecular complexity index is 613. The number of benzene rings is 1. The van der Waals surface area contributed by atoms with Gasteiger partial charge >= 0.3 is 19.8 Å². The zero-order valence-corrected chi connectivity index (χ0v) is 13.9. The normalized spacial score (nSPS) is 14.2. The van der Waals surface area contributed by atoms with Gasteiger partial charge < -0.3 is 9.63 Å². The van der Waals surface area contributed by atoms with Gasteiger partial charge in [-0.15, -0.1) is 0 Å². The summed E-state index contributed by atoms with van der Waals surface area (Å²) in [5, 5.41) is 9.60. The minimum absolute atomic E-state index is 0.174. The molecule has 0 unspecified atom stereocenters. The summed E-state index contributed by atoms with van der Waals surface area (Å²) in [6.45, 7) is 0. The van der Waals surface area contributed by atoms with E-state index in [9.17, 15) is 14.2 Å². The van der Waals surface area contributed by atoms with E-state index in [1.54, 1.807) is 18.2 Å². The third-order valence-electron chi connectivity index (χ3n) is 3.13. The molecule has 11 heteroatoms. The fourth-order valence-corrected chi connectivity index (χ4v) is 2.57. The predicted molar refractivity (Wildman–Crippen MR) is 79.0 cm³/mol. The molecule has 0 aromatic heterocycles. The van der Waals surface area contributed by atoms with Gasteiger partial charge in [0.05, 0.1) is 14.2 Å². The summed E-state index contributed by atoms with van der Waals surface area (Å²) in [5.74, 6) is -2.64. The van der Waals surface area contributed by atoms with Crippen LogP contribution in [0.25, 0.3) is 0 Å². The quantitative estimate of drug-likeness (QED) is 0.426. The number of carbonyl (C=O) groups is 2. The number of carboxylic acid groups (broad SMARTS) is 1. The molecule has 1 atom stereocenters. The molecule has 0 fully saturated rings. The zero-order chi connectivity index (χ0) is 18.4. The number of hydrogen-bond donors (Lipinski definition) is 3. The second kappa shape index (κ2) is 8.34. The highest BCUT2D eigenvalue weighted by atomic mass is 31.2. The van der Waals surface area contributed by atoms with Crippen molar-refractivity contribution < 1.29 is 43.2 Å². The molecule has 134 valence electrons. The number of rotatable bonds is 9. The fraction of sp³-hybridized carbons (Fsp3) is 0.385. The van der Waals surface area contributed by atoms with Crippen molar-refractivity contribution in [3.8, 4) is 0 Å². The maximum atomic E-state index is 12.5. The molecule has 0 radical (unpaired) electrons. The molecule has 0 saturated heterocycles. The van der Waals surface area contributed by atoms with Crippen LogP contribution in [0.1, 0.15) is 18.4 Å². The first-order chi connectivity index (χ1) is 11.2. The molecular weight excluding hydrogens is 345 g/mol. The summed E-state index contributed by atoms with van der Waals surface area (Å²) in [6, 6.07) is 7.66. The minimum Gasteiger partial charge on any atom is -0.481 e. The summed E-state index contributed by atoms with van der Waals surface area (Å²) in [7, 11) is -2.89. The van der Waals surface area contributed by atoms with Gasteiger partial charge in [-0.3, -0.25) is 24.3 Å². The molecule has 0 aliphatic rings. The van der Waals surface area contributed by atoms with Crippen LogP contribution in [-0.2, 0) is 33.9 Å². The van der Waals surface area contributed by atoms with Crippen LogP contribution in [0.4, 0.5) is 0 Å². The van der Waals surface area contributed by atoms with Gasteiger partial charge in [-0.05, 0) is 17.2 Å². The van der Waals surface area contributed by atoms with E-state index < -0.39 is 38.1 Å². The monoisotopic (exact) mass is 363 g/mol. The smallest absolute Gasteiger partial charge is 0.481 e. The molecule has 24 heavy (non-hydrogen) atoms. The molecule has 1 rings (SSSR count). The maximum Gasteiger partial charge on any atom is 0.527 e. The first kappa shape index (κ1) is 20.2. The molecule has 0 spiro atoms. The largest absolute Gasteiger partial charge is 0.527 e. The van der Waals surface area contributed by atoms with Crippen molar-refractivity contribution in [2.75, 3.05) is 14.2 Å². The van der Waals surface area contributed by atoms with Crippen molar-refractivity contribution in [2.24, 2.45) is 0 Å². The average Bonchev–Trinajstić information content (AvgIpc) is 2.50. The van der Waals surface area contributed by atoms with Gasteiger partial charge in [0.2, 0.25) is 0 Å². The lowest BCUT2D eigenvalue weighted by atomic mass is 9.86. The van der Waals surface area contributed by atoms with Crippen LogP contribution >= 0.6 is 7.82 Å². The number of carboxylic acids is 1. The lowest BCUT2D eigenvalue weighted by Crippen LogP contribution is -2.52. The Morgan fingerprint density at radius 1 is 1.17 bits per heavy atom. The molecular formula is C13H18NO9P. The Kier molecular flexibility index (Phi) is 7.03. The van der Waals surface area contributed by atoms with Gasteiger partial charge in [0.15, 0.2) is 5.54 Å². The van der Waals surface area contributed by atoms with Gasteiger partial charge in [0.25, 0.3) is 0 Å². The fourth-order valence-electron chi connectivity index (χ4n) is 2.21. The van der Waals surface area contributed by atoms with Crippen LogP contribution in [0.2, 0.25) is 0 Å². The first-order valence-electron chi connectivity index (χ1n) is 6.62. The van der Waals surface area contributed by atoms with Crippen LogP contribution in [-0.4, -0.2) is 46.3 Å². The van der Waals surface area contributed by atoms with Crippen molar-refractivity contribution in [1.82, 2.24) is 5.23 Å². The topological polar surface area (TPSA) is 143 Å². The highest BCUT2D eigenvalue weighted by molar-refractivity contribution is 7.46. The Hall–Kier alpha value is -1.81. The third kappa shape index (κ3) is 4.84. The number of phosphoric ester groups is 1. The highest BCUT2D eigenvalue weighted by Crippen LogP contribution is 2.43. The van der Waals surface area contributed by atoms with Crippen molar-refractivity contribution >= 4 is 19.8 Å². The van der Waals surface area contributed by atoms with E-state index in [1.165, 1.54) is 12.1 Å². The lowest BCUT2D eigenvalue weighted by Gasteiger charge is -2.37. The SMILES string of the molecule is CON(OC)[C@@](CCC(=O)O)(C(=O)OP(=O)(O)O)c1ccccc1. The van der Waals surface area contributed by atoms with Crippen molar-refractivity contribution in [1.29, 1.82) is 0 Å². The van der Waals surface area contributed by atoms with Crippen molar-refractivity contribution in [2.45, 2.75) is 18.4 Å². The Balaban J connectivity index is 3.50. The number of nitrogens with zero attached hydrogens (tertiary/aromatic N) is 1. The number of hydroxylamine groups is 2. The predicted octanol–water partition coefficient (Wildman–Crippen LogP) is 0.807. The Morgan fingerprint density at radius 3 is 2.12 bits per heavy atom. The Morgan fingerprint density at radius 2 is 1.71 bits per heavy atom. The van der Waals surface area contributed by atoms with Gasteiger partial charge in [-0.25, -0.2) is 9.36 Å². The van der Waals surface area contributed by atoms with E-state index in [-0.39, 0.29) is 5.56 Å². The number of hydrogen-bond acceptors (Lipinski definition) is 7. The van der Waals surface area contributed by atoms with E-state index >= 15 is 0 Å². The van der Waals surface area contributed by atoms with Crippen LogP contribution < -0.4 is 0 Å². The summed E-state index contributed by atoms with van der Waals surface area (Å²) in [6.07, 6.45) is -0.943. The summed E-state index contributed by atoms with van der Waals surface area (Å²) in [4.78, 5) is 51.3. The summed E-state index contributed by atoms with van der Waals surface area (Å²) < 4.78 is 15.3.